The van der Waals surface area contributed by atoms with Crippen molar-refractivity contribution >= 4 is 85.1 Å². The number of hydrogen-bond donors (Lipinski definition) is 10. The number of amides is 8. The number of alkyl halides is 2. The molecule has 0 spiro atoms. The van der Waals surface area contributed by atoms with Crippen molar-refractivity contribution in [3.63, 3.8) is 0 Å². The maximum absolute atomic E-state index is 14.2. The number of phenolic OH excluding ortho intramolecular Hbond substituents is 2. The van der Waals surface area contributed by atoms with Crippen molar-refractivity contribution in [1.82, 2.24) is 36.4 Å². The minimum Gasteiger partial charge on any atom is -0.508 e. The van der Waals surface area contributed by atoms with Crippen LogP contribution in [0.15, 0.2) is 78.9 Å². The van der Waals surface area contributed by atoms with Gasteiger partial charge in [0.2, 0.25) is 47.3 Å². The molecular formula is C47H58Br2N8O13. The van der Waals surface area contributed by atoms with E-state index in [0.717, 1.165) is 4.90 Å². The van der Waals surface area contributed by atoms with Crippen LogP contribution in [0.1, 0.15) is 48.8 Å². The van der Waals surface area contributed by atoms with E-state index in [9.17, 15) is 63.6 Å². The number of unbranched alkanes of at least 4 members (excludes halogenated alkanes) is 1. The molecule has 0 radical (unpaired) electrons. The number of nitrogens with one attached hydrogen (secondary N) is 5. The Bertz CT molecular complexity index is 2280. The monoisotopic (exact) mass is 1100 g/mol. The van der Waals surface area contributed by atoms with Gasteiger partial charge in [-0.3, -0.25) is 43.3 Å². The molecule has 21 nitrogen and oxygen atoms in total. The predicted molar refractivity (Wildman–Crippen MR) is 260 cm³/mol. The summed E-state index contributed by atoms with van der Waals surface area (Å²) in [6, 6.07) is 12.7. The van der Waals surface area contributed by atoms with Gasteiger partial charge >= 0.3 is 5.97 Å². The third-order valence-corrected chi connectivity index (χ3v) is 12.3. The van der Waals surface area contributed by atoms with E-state index in [4.69, 9.17) is 5.73 Å². The number of aliphatic carboxylic acids is 1. The summed E-state index contributed by atoms with van der Waals surface area (Å²) in [7, 11) is 0. The number of benzene rings is 3. The lowest BCUT2D eigenvalue weighted by Gasteiger charge is -2.29. The van der Waals surface area contributed by atoms with Gasteiger partial charge in [0.1, 0.15) is 41.7 Å². The van der Waals surface area contributed by atoms with Crippen molar-refractivity contribution in [1.29, 1.82) is 0 Å². The topological polar surface area (TPSA) is 327 Å². The minimum absolute atomic E-state index is 0.0119. The Kier molecular flexibility index (Phi) is 22.7. The standard InChI is InChI=1S/C47H58Br2N8O13/c48-24-40(62)57(41(63)25-49)19-5-4-9-34(53-42(64)33(50)21-29-11-15-31(59)16-12-29)44(66)54-35(22-28-7-2-1-3-8-28)43(65)51-26-39(61)52-36(23-30-13-17-32(60)18-14-30)46(68)56-20-6-10-38(56)45(67)55-37(27-58)47(69)70/h1-3,7-8,11-18,33-38,58-60H,4-6,9-10,19-27,50H2,(H,51,65)(H,52,61)(H,53,64)(H,54,66)(H,55,67)(H,69,70)/t33-,34+,35-,36-,37-,38-/m0/s1. The average molecular weight is 1100 g/mol. The number of carboxylic acid groups (broad SMARTS) is 1. The second-order valence-electron chi connectivity index (χ2n) is 16.5. The van der Waals surface area contributed by atoms with Gasteiger partial charge in [-0.1, -0.05) is 86.5 Å². The molecule has 23 heteroatoms. The van der Waals surface area contributed by atoms with Crippen LogP contribution in [0.2, 0.25) is 0 Å². The van der Waals surface area contributed by atoms with Crippen LogP contribution in [0.5, 0.6) is 11.5 Å². The van der Waals surface area contributed by atoms with E-state index in [0.29, 0.717) is 23.1 Å². The minimum atomic E-state index is -1.61. The zero-order chi connectivity index (χ0) is 51.3. The van der Waals surface area contributed by atoms with Crippen LogP contribution in [0.3, 0.4) is 0 Å². The number of hydrogen-bond acceptors (Lipinski definition) is 13. The lowest BCUT2D eigenvalue weighted by molar-refractivity contribution is -0.145. The number of carbonyl (C=O) groups excluding carboxylic acids is 8. The smallest absolute Gasteiger partial charge is 0.328 e. The van der Waals surface area contributed by atoms with Gasteiger partial charge in [0.25, 0.3) is 0 Å². The maximum Gasteiger partial charge on any atom is 0.328 e. The van der Waals surface area contributed by atoms with E-state index in [1.165, 1.54) is 41.3 Å². The van der Waals surface area contributed by atoms with Crippen molar-refractivity contribution in [2.45, 2.75) is 87.6 Å². The highest BCUT2D eigenvalue weighted by Gasteiger charge is 2.39. The van der Waals surface area contributed by atoms with E-state index < -0.39 is 103 Å². The molecule has 1 aliphatic heterocycles. The number of aliphatic hydroxyl groups is 1. The fourth-order valence-corrected chi connectivity index (χ4v) is 8.17. The summed E-state index contributed by atoms with van der Waals surface area (Å²) in [5.74, 6) is -7.08. The first-order valence-electron chi connectivity index (χ1n) is 22.4. The molecule has 1 fully saturated rings. The van der Waals surface area contributed by atoms with Gasteiger partial charge in [0.15, 0.2) is 0 Å². The molecule has 0 aliphatic carbocycles. The van der Waals surface area contributed by atoms with Crippen molar-refractivity contribution in [3.8, 4) is 11.5 Å². The van der Waals surface area contributed by atoms with E-state index in [2.05, 4.69) is 58.4 Å². The summed E-state index contributed by atoms with van der Waals surface area (Å²) >= 11 is 6.15. The molecular weight excluding hydrogens is 1040 g/mol. The van der Waals surface area contributed by atoms with Crippen LogP contribution in [-0.4, -0.2) is 157 Å². The molecule has 1 saturated heterocycles. The van der Waals surface area contributed by atoms with Crippen molar-refractivity contribution < 1.29 is 63.6 Å². The normalized spacial score (nSPS) is 15.3. The van der Waals surface area contributed by atoms with Crippen LogP contribution >= 0.6 is 31.9 Å². The van der Waals surface area contributed by atoms with E-state index in [1.807, 2.05) is 0 Å². The first kappa shape index (κ1) is 56.2. The van der Waals surface area contributed by atoms with Gasteiger partial charge in [0.05, 0.1) is 29.9 Å². The summed E-state index contributed by atoms with van der Waals surface area (Å²) in [6.45, 7) is -1.47. The number of phenols is 2. The highest BCUT2D eigenvalue weighted by molar-refractivity contribution is 9.09. The zero-order valence-corrected chi connectivity index (χ0v) is 41.2. The molecule has 6 atom stereocenters. The Morgan fingerprint density at radius 1 is 0.671 bits per heavy atom. The van der Waals surface area contributed by atoms with Gasteiger partial charge in [-0.25, -0.2) is 4.79 Å². The summed E-state index contributed by atoms with van der Waals surface area (Å²) < 4.78 is 0. The Morgan fingerprint density at radius 2 is 1.23 bits per heavy atom. The van der Waals surface area contributed by atoms with Gasteiger partial charge in [-0.2, -0.15) is 0 Å². The number of halogens is 2. The maximum atomic E-state index is 14.2. The van der Waals surface area contributed by atoms with Crippen LogP contribution in [-0.2, 0) is 62.4 Å². The lowest BCUT2D eigenvalue weighted by Crippen LogP contribution is -2.58. The van der Waals surface area contributed by atoms with Crippen molar-refractivity contribution in [2.24, 2.45) is 5.73 Å². The van der Waals surface area contributed by atoms with Crippen LogP contribution in [0, 0.1) is 0 Å². The van der Waals surface area contributed by atoms with Gasteiger partial charge in [-0.05, 0) is 79.5 Å². The summed E-state index contributed by atoms with van der Waals surface area (Å²) in [6.07, 6.45) is 0.865. The number of aromatic hydroxyl groups is 2. The molecule has 8 amide bonds. The Hall–Kier alpha value is -6.43. The Morgan fingerprint density at radius 3 is 1.80 bits per heavy atom. The molecule has 11 N–H and O–H groups in total. The second kappa shape index (κ2) is 28.3. The fourth-order valence-electron chi connectivity index (χ4n) is 7.57. The van der Waals surface area contributed by atoms with Crippen LogP contribution in [0.4, 0.5) is 0 Å². The molecule has 4 rings (SSSR count). The molecule has 0 unspecified atom stereocenters. The number of rotatable bonds is 26. The third-order valence-electron chi connectivity index (χ3n) is 11.3. The van der Waals surface area contributed by atoms with E-state index in [1.54, 1.807) is 42.5 Å². The Balaban J connectivity index is 1.52. The first-order chi connectivity index (χ1) is 33.4. The quantitative estimate of drug-likeness (QED) is 0.0371. The molecule has 3 aromatic carbocycles. The summed E-state index contributed by atoms with van der Waals surface area (Å²) in [5, 5.41) is 50.9. The van der Waals surface area contributed by atoms with Gasteiger partial charge in [-0.15, -0.1) is 0 Å². The molecule has 0 bridgehead atoms. The van der Waals surface area contributed by atoms with E-state index in [-0.39, 0.29) is 80.2 Å². The highest BCUT2D eigenvalue weighted by atomic mass is 79.9. The number of carbonyl (C=O) groups is 9. The molecule has 378 valence electrons. The van der Waals surface area contributed by atoms with Gasteiger partial charge in [0, 0.05) is 25.9 Å². The number of carboxylic acids is 1. The third kappa shape index (κ3) is 17.5. The van der Waals surface area contributed by atoms with Gasteiger partial charge < -0.3 is 57.6 Å². The van der Waals surface area contributed by atoms with Crippen molar-refractivity contribution in [3.05, 3.63) is 95.6 Å². The fraction of sp³-hybridized carbons (Fsp3) is 0.426. The van der Waals surface area contributed by atoms with Crippen LogP contribution < -0.4 is 32.3 Å². The van der Waals surface area contributed by atoms with Crippen molar-refractivity contribution in [2.75, 3.05) is 36.9 Å². The molecule has 0 saturated carbocycles. The SMILES string of the molecule is N[C@@H](Cc1ccc(O)cc1)C(=O)N[C@H](CCCCN(C(=O)CBr)C(=O)CBr)C(=O)N[C@@H](Cc1ccccc1)C(=O)NCC(=O)N[C@@H](Cc1ccc(O)cc1)C(=O)N1CCC[C@H]1C(=O)N[C@@H](CO)C(=O)O. The predicted octanol–water partition coefficient (Wildman–Crippen LogP) is -0.108. The summed E-state index contributed by atoms with van der Waals surface area (Å²) in [5.41, 5.74) is 8.02. The number of imide groups is 1. The highest BCUT2D eigenvalue weighted by Crippen LogP contribution is 2.21. The molecule has 1 heterocycles. The second-order valence-corrected chi connectivity index (χ2v) is 17.6. The zero-order valence-electron chi connectivity index (χ0n) is 38.1. The molecule has 3 aromatic rings. The number of aliphatic hydroxyl groups excluding tert-OH is 1. The number of likely N-dealkylation sites (tertiary alicyclic amines) is 1. The average Bonchev–Trinajstić information content (AvgIpc) is 3.85. The Labute approximate surface area is 420 Å². The van der Waals surface area contributed by atoms with E-state index >= 15 is 0 Å². The molecule has 0 aromatic heterocycles. The molecule has 1 aliphatic rings. The van der Waals surface area contributed by atoms with Crippen LogP contribution in [0.25, 0.3) is 0 Å². The number of nitrogens with two attached hydrogens (primary N) is 1. The molecule has 70 heavy (non-hydrogen) atoms. The lowest BCUT2D eigenvalue weighted by atomic mass is 10.0. The summed E-state index contributed by atoms with van der Waals surface area (Å²) in [4.78, 5) is 121. The number of nitrogens with zero attached hydrogens (tertiary/aromatic N) is 2. The largest absolute Gasteiger partial charge is 0.508 e. The first-order valence-corrected chi connectivity index (χ1v) is 24.6.